The molecule has 0 aliphatic heterocycles. The van der Waals surface area contributed by atoms with E-state index in [-0.39, 0.29) is 11.9 Å². The fourth-order valence-electron chi connectivity index (χ4n) is 5.20. The van der Waals surface area contributed by atoms with Gasteiger partial charge in [-0.3, -0.25) is 4.79 Å². The molecule has 2 aliphatic carbocycles. The monoisotopic (exact) mass is 472 g/mol. The van der Waals surface area contributed by atoms with Crippen LogP contribution in [0.5, 0.6) is 5.75 Å². The SMILES string of the molecule is C#CN=C(C(C(=O)OCC)C(C1CC1)C1CC1)N(CCc1ccccc1OC)Cc1ccccc1. The number of nitrogens with zero attached hydrogens (tertiary/aromatic N) is 2. The van der Waals surface area contributed by atoms with Crippen LogP contribution < -0.4 is 4.74 Å². The quantitative estimate of drug-likeness (QED) is 0.181. The summed E-state index contributed by atoms with van der Waals surface area (Å²) >= 11 is 0. The van der Waals surface area contributed by atoms with Gasteiger partial charge in [0, 0.05) is 19.1 Å². The van der Waals surface area contributed by atoms with E-state index in [9.17, 15) is 4.79 Å². The largest absolute Gasteiger partial charge is 0.496 e. The van der Waals surface area contributed by atoms with Gasteiger partial charge in [-0.2, -0.15) is 4.99 Å². The minimum atomic E-state index is -0.438. The molecular formula is C30H36N2O3. The van der Waals surface area contributed by atoms with Gasteiger partial charge in [0.25, 0.3) is 0 Å². The lowest BCUT2D eigenvalue weighted by molar-refractivity contribution is -0.148. The number of para-hydroxylation sites is 1. The van der Waals surface area contributed by atoms with Crippen molar-refractivity contribution in [3.8, 4) is 18.2 Å². The maximum atomic E-state index is 13.5. The van der Waals surface area contributed by atoms with Crippen LogP contribution in [-0.4, -0.2) is 37.0 Å². The Morgan fingerprint density at radius 2 is 1.74 bits per heavy atom. The number of aliphatic imine (C=N–C) groups is 1. The highest BCUT2D eigenvalue weighted by molar-refractivity contribution is 6.02. The third kappa shape index (κ3) is 6.45. The van der Waals surface area contributed by atoms with Gasteiger partial charge in [0.15, 0.2) is 0 Å². The second-order valence-electron chi connectivity index (χ2n) is 9.55. The van der Waals surface area contributed by atoms with E-state index in [1.807, 2.05) is 43.3 Å². The van der Waals surface area contributed by atoms with Crippen LogP contribution in [0.15, 0.2) is 59.6 Å². The molecule has 184 valence electrons. The number of esters is 1. The van der Waals surface area contributed by atoms with Crippen molar-refractivity contribution in [2.75, 3.05) is 20.3 Å². The van der Waals surface area contributed by atoms with Gasteiger partial charge in [-0.15, -0.1) is 0 Å². The van der Waals surface area contributed by atoms with Gasteiger partial charge in [-0.05, 0) is 74.0 Å². The van der Waals surface area contributed by atoms with Gasteiger partial charge < -0.3 is 14.4 Å². The average molecular weight is 473 g/mol. The molecular weight excluding hydrogens is 436 g/mol. The Kier molecular flexibility index (Phi) is 8.47. The zero-order chi connectivity index (χ0) is 24.6. The number of benzene rings is 2. The first-order valence-electron chi connectivity index (χ1n) is 12.8. The molecule has 2 fully saturated rings. The first-order chi connectivity index (χ1) is 17.2. The van der Waals surface area contributed by atoms with Gasteiger partial charge in [0.2, 0.25) is 0 Å². The summed E-state index contributed by atoms with van der Waals surface area (Å²) in [5.74, 6) is 2.24. The topological polar surface area (TPSA) is 51.1 Å². The maximum absolute atomic E-state index is 13.5. The Balaban J connectivity index is 1.69. The first-order valence-corrected chi connectivity index (χ1v) is 12.8. The molecule has 4 rings (SSSR count). The summed E-state index contributed by atoms with van der Waals surface area (Å²) in [7, 11) is 1.69. The van der Waals surface area contributed by atoms with Crippen LogP contribution in [0.3, 0.4) is 0 Å². The Hall–Kier alpha value is -3.26. The zero-order valence-electron chi connectivity index (χ0n) is 20.9. The third-order valence-electron chi connectivity index (χ3n) is 7.10. The van der Waals surface area contributed by atoms with Crippen LogP contribution in [-0.2, 0) is 22.5 Å². The fraction of sp³-hybridized carbons (Fsp3) is 0.467. The third-order valence-corrected chi connectivity index (χ3v) is 7.10. The molecule has 0 saturated heterocycles. The van der Waals surface area contributed by atoms with Crippen molar-refractivity contribution in [2.24, 2.45) is 28.7 Å². The first kappa shape index (κ1) is 24.9. The second kappa shape index (κ2) is 11.9. The number of hydrogen-bond donors (Lipinski definition) is 0. The van der Waals surface area contributed by atoms with Crippen LogP contribution in [0, 0.1) is 36.1 Å². The van der Waals surface area contributed by atoms with E-state index in [0.29, 0.717) is 37.4 Å². The van der Waals surface area contributed by atoms with Gasteiger partial charge in [0.05, 0.1) is 13.7 Å². The maximum Gasteiger partial charge on any atom is 0.316 e. The van der Waals surface area contributed by atoms with Crippen LogP contribution in [0.25, 0.3) is 0 Å². The lowest BCUT2D eigenvalue weighted by Gasteiger charge is -2.34. The number of hydrogen-bond acceptors (Lipinski definition) is 4. The van der Waals surface area contributed by atoms with E-state index in [2.05, 4.69) is 34.1 Å². The van der Waals surface area contributed by atoms with E-state index in [4.69, 9.17) is 15.9 Å². The van der Waals surface area contributed by atoms with Crippen molar-refractivity contribution in [3.05, 3.63) is 65.7 Å². The molecule has 2 aromatic rings. The van der Waals surface area contributed by atoms with Crippen molar-refractivity contribution in [2.45, 2.75) is 45.6 Å². The number of rotatable bonds is 12. The van der Waals surface area contributed by atoms with Crippen molar-refractivity contribution in [1.82, 2.24) is 4.90 Å². The molecule has 0 N–H and O–H groups in total. The summed E-state index contributed by atoms with van der Waals surface area (Å²) < 4.78 is 11.2. The molecule has 2 saturated carbocycles. The average Bonchev–Trinajstić information content (AvgIpc) is 3.80. The van der Waals surface area contributed by atoms with Crippen LogP contribution in [0.2, 0.25) is 0 Å². The molecule has 0 aromatic heterocycles. The summed E-state index contributed by atoms with van der Waals surface area (Å²) in [5.41, 5.74) is 2.26. The summed E-state index contributed by atoms with van der Waals surface area (Å²) in [5, 5.41) is 0. The van der Waals surface area contributed by atoms with Gasteiger partial charge in [-0.25, -0.2) is 0 Å². The highest BCUT2D eigenvalue weighted by atomic mass is 16.5. The molecule has 5 nitrogen and oxygen atoms in total. The summed E-state index contributed by atoms with van der Waals surface area (Å²) in [6.07, 6.45) is 11.2. The van der Waals surface area contributed by atoms with E-state index >= 15 is 0 Å². The Labute approximate surface area is 209 Å². The highest BCUT2D eigenvalue weighted by Crippen LogP contribution is 2.53. The van der Waals surface area contributed by atoms with Crippen LogP contribution in [0.1, 0.15) is 43.7 Å². The molecule has 0 amide bonds. The molecule has 2 aliphatic rings. The number of ether oxygens (including phenoxy) is 2. The summed E-state index contributed by atoms with van der Waals surface area (Å²) in [6, 6.07) is 20.8. The number of carbonyl (C=O) groups excluding carboxylic acids is 1. The normalized spacial score (nSPS) is 16.5. The van der Waals surface area contributed by atoms with E-state index in [1.165, 1.54) is 25.7 Å². The molecule has 5 heteroatoms. The van der Waals surface area contributed by atoms with Crippen LogP contribution in [0.4, 0.5) is 0 Å². The Morgan fingerprint density at radius 3 is 2.34 bits per heavy atom. The number of terminal acetylenes is 1. The van der Waals surface area contributed by atoms with Crippen molar-refractivity contribution in [1.29, 1.82) is 0 Å². The molecule has 1 atom stereocenters. The predicted octanol–water partition coefficient (Wildman–Crippen LogP) is 5.34. The second-order valence-corrected chi connectivity index (χ2v) is 9.55. The van der Waals surface area contributed by atoms with Gasteiger partial charge in [-0.1, -0.05) is 55.0 Å². The zero-order valence-corrected chi connectivity index (χ0v) is 20.9. The number of amidine groups is 1. The lowest BCUT2D eigenvalue weighted by Crippen LogP contribution is -2.45. The number of methoxy groups -OCH3 is 1. The van der Waals surface area contributed by atoms with E-state index in [1.54, 1.807) is 7.11 Å². The Bertz CT molecular complexity index is 1040. The minimum Gasteiger partial charge on any atom is -0.496 e. The molecule has 0 spiro atoms. The molecule has 0 bridgehead atoms. The van der Waals surface area contributed by atoms with Crippen molar-refractivity contribution in [3.63, 3.8) is 0 Å². The molecule has 35 heavy (non-hydrogen) atoms. The van der Waals surface area contributed by atoms with E-state index in [0.717, 1.165) is 23.3 Å². The van der Waals surface area contributed by atoms with Gasteiger partial charge >= 0.3 is 5.97 Å². The molecule has 2 aromatic carbocycles. The summed E-state index contributed by atoms with van der Waals surface area (Å²) in [6.45, 7) is 3.49. The molecule has 0 radical (unpaired) electrons. The number of carbonyl (C=O) groups is 1. The molecule has 0 heterocycles. The van der Waals surface area contributed by atoms with Crippen molar-refractivity contribution >= 4 is 11.8 Å². The fourth-order valence-corrected chi connectivity index (χ4v) is 5.20. The van der Waals surface area contributed by atoms with Crippen molar-refractivity contribution < 1.29 is 14.3 Å². The molecule has 1 unspecified atom stereocenters. The highest BCUT2D eigenvalue weighted by Gasteiger charge is 2.51. The van der Waals surface area contributed by atoms with Crippen LogP contribution >= 0.6 is 0 Å². The smallest absolute Gasteiger partial charge is 0.316 e. The summed E-state index contributed by atoms with van der Waals surface area (Å²) in [4.78, 5) is 20.2. The van der Waals surface area contributed by atoms with Gasteiger partial charge in [0.1, 0.15) is 17.5 Å². The minimum absolute atomic E-state index is 0.194. The predicted molar refractivity (Wildman–Crippen MR) is 139 cm³/mol. The Morgan fingerprint density at radius 1 is 1.09 bits per heavy atom. The lowest BCUT2D eigenvalue weighted by atomic mass is 9.82. The van der Waals surface area contributed by atoms with E-state index < -0.39 is 5.92 Å². The standard InChI is InChI=1S/C30H36N2O3/c1-4-31-29(28(30(33)35-5-2)27(24-15-16-24)25-17-18-25)32(21-22-11-7-6-8-12-22)20-19-23-13-9-10-14-26(23)34-3/h1,6-14,24-25,27-28H,5,15-21H2,2-3H3.